The summed E-state index contributed by atoms with van der Waals surface area (Å²) in [5.74, 6) is 0.645. The molecule has 0 aromatic carbocycles. The predicted molar refractivity (Wildman–Crippen MR) is 69.9 cm³/mol. The van der Waals surface area contributed by atoms with Crippen molar-refractivity contribution in [3.63, 3.8) is 0 Å². The van der Waals surface area contributed by atoms with Crippen LogP contribution in [0.4, 0.5) is 0 Å². The van der Waals surface area contributed by atoms with Gasteiger partial charge in [-0.05, 0) is 31.4 Å². The highest BCUT2D eigenvalue weighted by Crippen LogP contribution is 2.18. The molecule has 1 heterocycles. The van der Waals surface area contributed by atoms with Crippen LogP contribution < -0.4 is 5.32 Å². The molecule has 2 fully saturated rings. The van der Waals surface area contributed by atoms with Crippen molar-refractivity contribution >= 4 is 9.84 Å². The summed E-state index contributed by atoms with van der Waals surface area (Å²) in [6, 6.07) is 0.705. The number of nitrogens with one attached hydrogen (secondary N) is 1. The summed E-state index contributed by atoms with van der Waals surface area (Å²) in [5, 5.41) is 3.43. The highest BCUT2D eigenvalue weighted by atomic mass is 32.2. The molecule has 17 heavy (non-hydrogen) atoms. The molecule has 1 aliphatic carbocycles. The third-order valence-electron chi connectivity index (χ3n) is 3.31. The SMILES string of the molecule is C=C(CNC1CC1)CN1CCCS(=O)(=O)CC1. The first-order valence-corrected chi connectivity index (χ1v) is 8.20. The number of hydrogen-bond acceptors (Lipinski definition) is 4. The third kappa shape index (κ3) is 4.77. The largest absolute Gasteiger partial charge is 0.310 e. The van der Waals surface area contributed by atoms with Gasteiger partial charge in [-0.3, -0.25) is 4.90 Å². The van der Waals surface area contributed by atoms with Crippen LogP contribution in [0.5, 0.6) is 0 Å². The number of hydrogen-bond donors (Lipinski definition) is 1. The van der Waals surface area contributed by atoms with E-state index in [0.717, 1.165) is 31.6 Å². The van der Waals surface area contributed by atoms with Crippen LogP contribution in [0, 0.1) is 0 Å². The van der Waals surface area contributed by atoms with E-state index in [1.807, 2.05) is 0 Å². The van der Waals surface area contributed by atoms with Crippen LogP contribution in [0.25, 0.3) is 0 Å². The van der Waals surface area contributed by atoms with Gasteiger partial charge in [-0.15, -0.1) is 0 Å². The Labute approximate surface area is 104 Å². The van der Waals surface area contributed by atoms with Crippen molar-refractivity contribution in [1.82, 2.24) is 10.2 Å². The molecule has 0 amide bonds. The average molecular weight is 258 g/mol. The van der Waals surface area contributed by atoms with Gasteiger partial charge in [0.05, 0.1) is 11.5 Å². The topological polar surface area (TPSA) is 49.4 Å². The Bertz CT molecular complexity index is 374. The minimum Gasteiger partial charge on any atom is -0.310 e. The van der Waals surface area contributed by atoms with Gasteiger partial charge in [0, 0.05) is 25.7 Å². The maximum absolute atomic E-state index is 11.5. The second-order valence-electron chi connectivity index (χ2n) is 5.19. The quantitative estimate of drug-likeness (QED) is 0.726. The molecule has 98 valence electrons. The van der Waals surface area contributed by atoms with Crippen LogP contribution in [0.2, 0.25) is 0 Å². The van der Waals surface area contributed by atoms with Crippen molar-refractivity contribution in [1.29, 1.82) is 0 Å². The lowest BCUT2D eigenvalue weighted by Crippen LogP contribution is -2.32. The van der Waals surface area contributed by atoms with Gasteiger partial charge in [-0.2, -0.15) is 0 Å². The minimum absolute atomic E-state index is 0.302. The van der Waals surface area contributed by atoms with Crippen molar-refractivity contribution in [3.05, 3.63) is 12.2 Å². The molecule has 0 spiro atoms. The molecule has 0 aromatic heterocycles. The zero-order valence-corrected chi connectivity index (χ0v) is 11.1. The zero-order chi connectivity index (χ0) is 12.3. The Hall–Kier alpha value is -0.390. The van der Waals surface area contributed by atoms with Gasteiger partial charge in [0.25, 0.3) is 0 Å². The van der Waals surface area contributed by atoms with Crippen molar-refractivity contribution in [3.8, 4) is 0 Å². The van der Waals surface area contributed by atoms with Crippen LogP contribution in [0.3, 0.4) is 0 Å². The number of nitrogens with zero attached hydrogens (tertiary/aromatic N) is 1. The number of rotatable bonds is 5. The number of sulfone groups is 1. The molecular weight excluding hydrogens is 236 g/mol. The summed E-state index contributed by atoms with van der Waals surface area (Å²) in [6.45, 7) is 7.29. The Balaban J connectivity index is 1.72. The summed E-state index contributed by atoms with van der Waals surface area (Å²) in [4.78, 5) is 2.21. The van der Waals surface area contributed by atoms with Crippen molar-refractivity contribution in [2.24, 2.45) is 0 Å². The molecule has 0 bridgehead atoms. The third-order valence-corrected chi connectivity index (χ3v) is 5.03. The van der Waals surface area contributed by atoms with E-state index in [-0.39, 0.29) is 0 Å². The second kappa shape index (κ2) is 5.50. The summed E-state index contributed by atoms with van der Waals surface area (Å²) < 4.78 is 22.9. The van der Waals surface area contributed by atoms with Crippen LogP contribution in [-0.4, -0.2) is 57.0 Å². The van der Waals surface area contributed by atoms with Crippen LogP contribution in [0.1, 0.15) is 19.3 Å². The fourth-order valence-corrected chi connectivity index (χ4v) is 3.41. The molecule has 0 aromatic rings. The molecule has 2 rings (SSSR count). The summed E-state index contributed by atoms with van der Waals surface area (Å²) in [5.41, 5.74) is 1.16. The zero-order valence-electron chi connectivity index (χ0n) is 10.3. The van der Waals surface area contributed by atoms with Gasteiger partial charge < -0.3 is 5.32 Å². The Morgan fingerprint density at radius 2 is 2.06 bits per heavy atom. The first kappa shape index (κ1) is 13.1. The standard InChI is InChI=1S/C12H22N2O2S/c1-11(9-13-12-3-4-12)10-14-5-2-7-17(15,16)8-6-14/h12-13H,1-10H2. The molecule has 1 N–H and O–H groups in total. The second-order valence-corrected chi connectivity index (χ2v) is 7.49. The van der Waals surface area contributed by atoms with Crippen LogP contribution in [0.15, 0.2) is 12.2 Å². The summed E-state index contributed by atoms with van der Waals surface area (Å²) in [6.07, 6.45) is 3.33. The normalized spacial score (nSPS) is 25.4. The van der Waals surface area contributed by atoms with Gasteiger partial charge >= 0.3 is 0 Å². The first-order valence-electron chi connectivity index (χ1n) is 6.38. The van der Waals surface area contributed by atoms with Crippen LogP contribution in [-0.2, 0) is 9.84 Å². The van der Waals surface area contributed by atoms with E-state index in [1.165, 1.54) is 12.8 Å². The molecule has 4 nitrogen and oxygen atoms in total. The predicted octanol–water partition coefficient (Wildman–Crippen LogP) is 0.415. The van der Waals surface area contributed by atoms with Gasteiger partial charge in [-0.1, -0.05) is 6.58 Å². The maximum atomic E-state index is 11.5. The lowest BCUT2D eigenvalue weighted by Gasteiger charge is -2.20. The van der Waals surface area contributed by atoms with E-state index in [0.29, 0.717) is 24.1 Å². The molecule has 0 radical (unpaired) electrons. The Kier molecular flexibility index (Phi) is 4.22. The van der Waals surface area contributed by atoms with Crippen molar-refractivity contribution in [2.45, 2.75) is 25.3 Å². The molecule has 1 aliphatic heterocycles. The molecule has 5 heteroatoms. The van der Waals surface area contributed by atoms with Gasteiger partial charge in [-0.25, -0.2) is 8.42 Å². The molecule has 0 atom stereocenters. The molecule has 1 saturated carbocycles. The van der Waals surface area contributed by atoms with Gasteiger partial charge in [0.1, 0.15) is 0 Å². The average Bonchev–Trinajstić information content (AvgIpc) is 3.06. The van der Waals surface area contributed by atoms with E-state index in [1.54, 1.807) is 0 Å². The van der Waals surface area contributed by atoms with E-state index in [9.17, 15) is 8.42 Å². The fraction of sp³-hybridized carbons (Fsp3) is 0.833. The van der Waals surface area contributed by atoms with E-state index >= 15 is 0 Å². The van der Waals surface area contributed by atoms with Crippen molar-refractivity contribution < 1.29 is 8.42 Å². The smallest absolute Gasteiger partial charge is 0.151 e. The molecular formula is C12H22N2O2S. The van der Waals surface area contributed by atoms with Crippen LogP contribution >= 0.6 is 0 Å². The summed E-state index contributed by atoms with van der Waals surface area (Å²) in [7, 11) is -2.79. The fourth-order valence-electron chi connectivity index (χ4n) is 2.10. The lowest BCUT2D eigenvalue weighted by atomic mass is 10.2. The highest BCUT2D eigenvalue weighted by Gasteiger charge is 2.21. The maximum Gasteiger partial charge on any atom is 0.151 e. The first-order chi connectivity index (χ1) is 8.05. The van der Waals surface area contributed by atoms with Crippen molar-refractivity contribution in [2.75, 3.05) is 37.7 Å². The Morgan fingerprint density at radius 1 is 1.29 bits per heavy atom. The molecule has 0 unspecified atom stereocenters. The monoisotopic (exact) mass is 258 g/mol. The van der Waals surface area contributed by atoms with Gasteiger partial charge in [0.15, 0.2) is 9.84 Å². The van der Waals surface area contributed by atoms with E-state index in [4.69, 9.17) is 0 Å². The van der Waals surface area contributed by atoms with E-state index < -0.39 is 9.84 Å². The lowest BCUT2D eigenvalue weighted by molar-refractivity contribution is 0.318. The minimum atomic E-state index is -2.79. The highest BCUT2D eigenvalue weighted by molar-refractivity contribution is 7.91. The van der Waals surface area contributed by atoms with Gasteiger partial charge in [0.2, 0.25) is 0 Å². The summed E-state index contributed by atoms with van der Waals surface area (Å²) >= 11 is 0. The Morgan fingerprint density at radius 3 is 2.76 bits per heavy atom. The molecule has 2 aliphatic rings. The van der Waals surface area contributed by atoms with E-state index in [2.05, 4.69) is 16.8 Å². The molecule has 1 saturated heterocycles.